The molecular formula is C12H23N5. The second-order valence-electron chi connectivity index (χ2n) is 4.90. The molecule has 1 aliphatic rings. The van der Waals surface area contributed by atoms with Crippen LogP contribution in [-0.2, 0) is 6.54 Å². The van der Waals surface area contributed by atoms with Crippen molar-refractivity contribution < 1.29 is 0 Å². The Morgan fingerprint density at radius 3 is 3.12 bits per heavy atom. The van der Waals surface area contributed by atoms with E-state index in [0.717, 1.165) is 19.5 Å². The Labute approximate surface area is 103 Å². The number of nitrogens with zero attached hydrogens (tertiary/aromatic N) is 4. The Bertz CT molecular complexity index is 298. The van der Waals surface area contributed by atoms with Gasteiger partial charge in [-0.3, -0.25) is 4.68 Å². The van der Waals surface area contributed by atoms with Crippen LogP contribution < -0.4 is 5.32 Å². The van der Waals surface area contributed by atoms with Gasteiger partial charge in [-0.15, -0.1) is 5.10 Å². The highest BCUT2D eigenvalue weighted by molar-refractivity contribution is 4.73. The Morgan fingerprint density at radius 1 is 1.35 bits per heavy atom. The lowest BCUT2D eigenvalue weighted by molar-refractivity contribution is 0.343. The number of nitrogens with one attached hydrogen (secondary N) is 1. The Kier molecular flexibility index (Phi) is 4.94. The van der Waals surface area contributed by atoms with Gasteiger partial charge in [0.15, 0.2) is 0 Å². The van der Waals surface area contributed by atoms with Crippen molar-refractivity contribution in [1.29, 1.82) is 0 Å². The van der Waals surface area contributed by atoms with Crippen LogP contribution in [0.2, 0.25) is 0 Å². The molecule has 1 saturated heterocycles. The molecule has 1 unspecified atom stereocenters. The summed E-state index contributed by atoms with van der Waals surface area (Å²) in [7, 11) is 2.22. The summed E-state index contributed by atoms with van der Waals surface area (Å²) in [4.78, 5) is 2.43. The molecule has 1 atom stereocenters. The van der Waals surface area contributed by atoms with E-state index in [0.29, 0.717) is 6.04 Å². The zero-order valence-electron chi connectivity index (χ0n) is 10.7. The number of aryl methyl sites for hydroxylation is 1. The van der Waals surface area contributed by atoms with Gasteiger partial charge in [0.05, 0.1) is 6.20 Å². The molecule has 17 heavy (non-hydrogen) atoms. The summed E-state index contributed by atoms with van der Waals surface area (Å²) in [5.41, 5.74) is 0. The molecule has 0 saturated carbocycles. The molecule has 1 aromatic heterocycles. The average molecular weight is 237 g/mol. The van der Waals surface area contributed by atoms with E-state index in [2.05, 4.69) is 27.6 Å². The molecule has 0 radical (unpaired) electrons. The van der Waals surface area contributed by atoms with E-state index in [1.807, 2.05) is 10.9 Å². The van der Waals surface area contributed by atoms with E-state index in [-0.39, 0.29) is 0 Å². The number of rotatable bonds is 5. The largest absolute Gasteiger partial charge is 0.314 e. The highest BCUT2D eigenvalue weighted by atomic mass is 15.4. The normalized spacial score (nSPS) is 22.5. The summed E-state index contributed by atoms with van der Waals surface area (Å²) in [6, 6.07) is 0.704. The lowest BCUT2D eigenvalue weighted by Gasteiger charge is -2.16. The van der Waals surface area contributed by atoms with Crippen LogP contribution in [0.1, 0.15) is 25.7 Å². The lowest BCUT2D eigenvalue weighted by atomic mass is 10.1. The van der Waals surface area contributed by atoms with Gasteiger partial charge in [-0.1, -0.05) is 5.21 Å². The van der Waals surface area contributed by atoms with Gasteiger partial charge in [0, 0.05) is 18.8 Å². The van der Waals surface area contributed by atoms with E-state index >= 15 is 0 Å². The van der Waals surface area contributed by atoms with E-state index < -0.39 is 0 Å². The maximum atomic E-state index is 3.96. The highest BCUT2D eigenvalue weighted by Gasteiger charge is 2.13. The number of hydrogen-bond acceptors (Lipinski definition) is 4. The fourth-order valence-electron chi connectivity index (χ4n) is 2.34. The van der Waals surface area contributed by atoms with Crippen molar-refractivity contribution in [2.24, 2.45) is 0 Å². The molecule has 1 N–H and O–H groups in total. The topological polar surface area (TPSA) is 46.0 Å². The summed E-state index contributed by atoms with van der Waals surface area (Å²) in [5.74, 6) is 0. The first-order valence-electron chi connectivity index (χ1n) is 6.60. The summed E-state index contributed by atoms with van der Waals surface area (Å²) in [6.07, 6.45) is 8.68. The van der Waals surface area contributed by atoms with E-state index in [4.69, 9.17) is 0 Å². The van der Waals surface area contributed by atoms with Crippen molar-refractivity contribution in [3.05, 3.63) is 12.4 Å². The smallest absolute Gasteiger partial charge is 0.0692 e. The number of aromatic nitrogens is 3. The van der Waals surface area contributed by atoms with Crippen molar-refractivity contribution in [3.8, 4) is 0 Å². The van der Waals surface area contributed by atoms with Crippen LogP contribution in [0.4, 0.5) is 0 Å². The fraction of sp³-hybridized carbons (Fsp3) is 0.833. The second-order valence-corrected chi connectivity index (χ2v) is 4.90. The van der Waals surface area contributed by atoms with Crippen molar-refractivity contribution in [1.82, 2.24) is 25.2 Å². The average Bonchev–Trinajstić information content (AvgIpc) is 2.75. The summed E-state index contributed by atoms with van der Waals surface area (Å²) in [6.45, 7) is 4.51. The molecule has 0 aliphatic carbocycles. The molecule has 0 bridgehead atoms. The van der Waals surface area contributed by atoms with Crippen molar-refractivity contribution in [2.45, 2.75) is 38.3 Å². The van der Waals surface area contributed by atoms with Crippen molar-refractivity contribution in [2.75, 3.05) is 26.7 Å². The molecule has 0 amide bonds. The van der Waals surface area contributed by atoms with Gasteiger partial charge >= 0.3 is 0 Å². The Hall–Kier alpha value is -0.940. The van der Waals surface area contributed by atoms with Crippen LogP contribution in [0, 0.1) is 0 Å². The predicted octanol–water partition coefficient (Wildman–Crippen LogP) is 0.742. The molecule has 2 rings (SSSR count). The molecule has 0 aromatic carbocycles. The lowest BCUT2D eigenvalue weighted by Crippen LogP contribution is -2.31. The summed E-state index contributed by atoms with van der Waals surface area (Å²) >= 11 is 0. The highest BCUT2D eigenvalue weighted by Crippen LogP contribution is 2.09. The molecule has 96 valence electrons. The maximum Gasteiger partial charge on any atom is 0.0692 e. The van der Waals surface area contributed by atoms with Gasteiger partial charge in [0.2, 0.25) is 0 Å². The van der Waals surface area contributed by atoms with Gasteiger partial charge in [-0.05, 0) is 52.4 Å². The third-order valence-electron chi connectivity index (χ3n) is 3.42. The number of likely N-dealkylation sites (tertiary alicyclic amines) is 1. The third kappa shape index (κ3) is 4.44. The van der Waals surface area contributed by atoms with Crippen molar-refractivity contribution >= 4 is 0 Å². The Morgan fingerprint density at radius 2 is 2.29 bits per heavy atom. The van der Waals surface area contributed by atoms with Gasteiger partial charge in [0.1, 0.15) is 0 Å². The first kappa shape index (κ1) is 12.5. The molecule has 5 heteroatoms. The zero-order valence-corrected chi connectivity index (χ0v) is 10.7. The van der Waals surface area contributed by atoms with Crippen LogP contribution >= 0.6 is 0 Å². The van der Waals surface area contributed by atoms with E-state index in [9.17, 15) is 0 Å². The quantitative estimate of drug-likeness (QED) is 0.767. The zero-order chi connectivity index (χ0) is 11.9. The molecule has 2 heterocycles. The standard InChI is InChI=1S/C12H23N5/c1-16-8-2-4-12(5-10-16)13-6-3-9-17-11-7-14-15-17/h7,11-13H,2-6,8-10H2,1H3. The minimum atomic E-state index is 0.704. The van der Waals surface area contributed by atoms with Crippen LogP contribution in [0.5, 0.6) is 0 Å². The van der Waals surface area contributed by atoms with Gasteiger partial charge < -0.3 is 10.2 Å². The van der Waals surface area contributed by atoms with Crippen LogP contribution in [0.25, 0.3) is 0 Å². The van der Waals surface area contributed by atoms with Gasteiger partial charge in [0.25, 0.3) is 0 Å². The second kappa shape index (κ2) is 6.71. The first-order valence-corrected chi connectivity index (χ1v) is 6.60. The third-order valence-corrected chi connectivity index (χ3v) is 3.42. The van der Waals surface area contributed by atoms with Crippen LogP contribution in [0.15, 0.2) is 12.4 Å². The van der Waals surface area contributed by atoms with Crippen molar-refractivity contribution in [3.63, 3.8) is 0 Å². The van der Waals surface area contributed by atoms with Crippen LogP contribution in [0.3, 0.4) is 0 Å². The Balaban J connectivity index is 1.58. The van der Waals surface area contributed by atoms with Crippen LogP contribution in [-0.4, -0.2) is 52.6 Å². The summed E-state index contributed by atoms with van der Waals surface area (Å²) < 4.78 is 1.89. The molecule has 5 nitrogen and oxygen atoms in total. The fourth-order valence-corrected chi connectivity index (χ4v) is 2.34. The minimum absolute atomic E-state index is 0.704. The molecule has 0 spiro atoms. The summed E-state index contributed by atoms with van der Waals surface area (Å²) in [5, 5.41) is 11.4. The van der Waals surface area contributed by atoms with Gasteiger partial charge in [-0.2, -0.15) is 0 Å². The van der Waals surface area contributed by atoms with E-state index in [1.165, 1.54) is 32.4 Å². The SMILES string of the molecule is CN1CCCC(NCCCn2ccnn2)CC1. The predicted molar refractivity (Wildman–Crippen MR) is 67.8 cm³/mol. The maximum absolute atomic E-state index is 3.96. The molecule has 1 aliphatic heterocycles. The van der Waals surface area contributed by atoms with Gasteiger partial charge in [-0.25, -0.2) is 0 Å². The van der Waals surface area contributed by atoms with E-state index in [1.54, 1.807) is 6.20 Å². The molecular weight excluding hydrogens is 214 g/mol. The molecule has 1 fully saturated rings. The molecule has 1 aromatic rings. The minimum Gasteiger partial charge on any atom is -0.314 e. The first-order chi connectivity index (χ1) is 8.34. The number of hydrogen-bond donors (Lipinski definition) is 1. The monoisotopic (exact) mass is 237 g/mol.